The molecule has 0 saturated heterocycles. The van der Waals surface area contributed by atoms with Crippen LogP contribution in [0, 0.1) is 12.8 Å². The van der Waals surface area contributed by atoms with E-state index in [-0.39, 0.29) is 30.0 Å². The summed E-state index contributed by atoms with van der Waals surface area (Å²) in [5, 5.41) is 11.3. The molecule has 1 N–H and O–H groups in total. The minimum atomic E-state index is -0.317. The lowest BCUT2D eigenvalue weighted by Crippen LogP contribution is -2.37. The van der Waals surface area contributed by atoms with Crippen LogP contribution in [0.15, 0.2) is 53.3 Å². The van der Waals surface area contributed by atoms with Crippen LogP contribution in [-0.2, 0) is 11.3 Å². The molecule has 0 saturated carbocycles. The molecule has 1 atom stereocenters. The van der Waals surface area contributed by atoms with Gasteiger partial charge in [-0.05, 0) is 30.5 Å². The molecular weight excluding hydrogens is 328 g/mol. The number of carbonyl (C=O) groups is 1. The maximum atomic E-state index is 12.5. The van der Waals surface area contributed by atoms with Gasteiger partial charge in [0.1, 0.15) is 12.1 Å². The predicted octanol–water partition coefficient (Wildman–Crippen LogP) is 2.61. The molecule has 3 aromatic rings. The van der Waals surface area contributed by atoms with Crippen LogP contribution in [0.25, 0.3) is 10.9 Å². The molecule has 26 heavy (non-hydrogen) atoms. The van der Waals surface area contributed by atoms with Crippen molar-refractivity contribution >= 4 is 16.8 Å². The first-order chi connectivity index (χ1) is 12.5. The summed E-state index contributed by atoms with van der Waals surface area (Å²) in [5.74, 6) is -0.0583. The number of hydrogen-bond acceptors (Lipinski definition) is 4. The third kappa shape index (κ3) is 3.79. The van der Waals surface area contributed by atoms with Gasteiger partial charge in [-0.15, -0.1) is 5.10 Å². The molecule has 1 aromatic heterocycles. The highest BCUT2D eigenvalue weighted by molar-refractivity contribution is 5.78. The van der Waals surface area contributed by atoms with Gasteiger partial charge in [-0.2, -0.15) is 0 Å². The zero-order chi connectivity index (χ0) is 18.7. The van der Waals surface area contributed by atoms with Gasteiger partial charge in [0, 0.05) is 0 Å². The highest BCUT2D eigenvalue weighted by atomic mass is 16.2. The van der Waals surface area contributed by atoms with Crippen LogP contribution in [0.4, 0.5) is 0 Å². The Morgan fingerprint density at radius 1 is 1.12 bits per heavy atom. The number of aryl methyl sites for hydroxylation is 1. The largest absolute Gasteiger partial charge is 0.347 e. The van der Waals surface area contributed by atoms with Gasteiger partial charge in [-0.3, -0.25) is 9.59 Å². The number of rotatable bonds is 5. The fraction of sp³-hybridized carbons (Fsp3) is 0.300. The number of nitrogens with one attached hydrogen (secondary N) is 1. The van der Waals surface area contributed by atoms with E-state index in [9.17, 15) is 9.59 Å². The van der Waals surface area contributed by atoms with Crippen LogP contribution in [0.5, 0.6) is 0 Å². The van der Waals surface area contributed by atoms with Crippen molar-refractivity contribution in [1.82, 2.24) is 20.3 Å². The summed E-state index contributed by atoms with van der Waals surface area (Å²) in [6, 6.07) is 14.9. The Morgan fingerprint density at radius 3 is 2.50 bits per heavy atom. The van der Waals surface area contributed by atoms with Gasteiger partial charge in [0.25, 0.3) is 5.56 Å². The number of benzene rings is 2. The van der Waals surface area contributed by atoms with Crippen molar-refractivity contribution in [2.75, 3.05) is 0 Å². The van der Waals surface area contributed by atoms with Crippen molar-refractivity contribution in [2.24, 2.45) is 5.92 Å². The van der Waals surface area contributed by atoms with E-state index in [1.165, 1.54) is 5.56 Å². The second-order valence-corrected chi connectivity index (χ2v) is 6.77. The molecule has 1 amide bonds. The predicted molar refractivity (Wildman–Crippen MR) is 101 cm³/mol. The van der Waals surface area contributed by atoms with E-state index in [4.69, 9.17) is 0 Å². The highest BCUT2D eigenvalue weighted by Crippen LogP contribution is 2.22. The van der Waals surface area contributed by atoms with Gasteiger partial charge in [0.2, 0.25) is 5.91 Å². The van der Waals surface area contributed by atoms with Crippen molar-refractivity contribution in [2.45, 2.75) is 33.4 Å². The van der Waals surface area contributed by atoms with Gasteiger partial charge < -0.3 is 5.32 Å². The molecular formula is C20H22N4O2. The molecule has 1 heterocycles. The zero-order valence-corrected chi connectivity index (χ0v) is 15.1. The smallest absolute Gasteiger partial charge is 0.278 e. The molecule has 0 aliphatic rings. The number of fused-ring (bicyclic) bond motifs is 1. The molecule has 0 aliphatic carbocycles. The molecule has 2 aromatic carbocycles. The molecule has 0 unspecified atom stereocenters. The number of carbonyl (C=O) groups excluding carboxylic acids is 1. The maximum absolute atomic E-state index is 12.5. The third-order valence-electron chi connectivity index (χ3n) is 4.34. The standard InChI is InChI=1S/C20H22N4O2/c1-13(2)19(15-10-8-14(3)9-11-15)21-18(25)12-24-20(26)16-6-4-5-7-17(16)22-23-24/h4-11,13,19H,12H2,1-3H3,(H,21,25)/t19-/m0/s1. The summed E-state index contributed by atoms with van der Waals surface area (Å²) in [4.78, 5) is 25.0. The Bertz CT molecular complexity index is 977. The first-order valence-corrected chi connectivity index (χ1v) is 8.64. The first-order valence-electron chi connectivity index (χ1n) is 8.64. The lowest BCUT2D eigenvalue weighted by Gasteiger charge is -2.23. The lowest BCUT2D eigenvalue weighted by molar-refractivity contribution is -0.123. The second-order valence-electron chi connectivity index (χ2n) is 6.77. The monoisotopic (exact) mass is 350 g/mol. The number of nitrogens with zero attached hydrogens (tertiary/aromatic N) is 3. The van der Waals surface area contributed by atoms with Crippen LogP contribution < -0.4 is 10.9 Å². The Kier molecular flexibility index (Phi) is 5.11. The summed E-state index contributed by atoms with van der Waals surface area (Å²) in [6.07, 6.45) is 0. The van der Waals surface area contributed by atoms with E-state index in [2.05, 4.69) is 15.6 Å². The summed E-state index contributed by atoms with van der Waals surface area (Å²) in [5.41, 5.74) is 2.41. The average Bonchev–Trinajstić information content (AvgIpc) is 2.63. The SMILES string of the molecule is Cc1ccc([C@@H](NC(=O)Cn2nnc3ccccc3c2=O)C(C)C)cc1. The molecule has 134 valence electrons. The Hall–Kier alpha value is -3.02. The van der Waals surface area contributed by atoms with Crippen molar-refractivity contribution in [3.05, 3.63) is 70.0 Å². The van der Waals surface area contributed by atoms with Gasteiger partial charge in [-0.25, -0.2) is 4.68 Å². The fourth-order valence-electron chi connectivity index (χ4n) is 2.89. The summed E-state index contributed by atoms with van der Waals surface area (Å²) < 4.78 is 1.10. The molecule has 0 fully saturated rings. The van der Waals surface area contributed by atoms with Gasteiger partial charge in [0.15, 0.2) is 0 Å². The minimum Gasteiger partial charge on any atom is -0.347 e. The second kappa shape index (κ2) is 7.47. The molecule has 6 nitrogen and oxygen atoms in total. The fourth-order valence-corrected chi connectivity index (χ4v) is 2.89. The minimum absolute atomic E-state index is 0.132. The highest BCUT2D eigenvalue weighted by Gasteiger charge is 2.19. The van der Waals surface area contributed by atoms with Crippen molar-refractivity contribution < 1.29 is 4.79 Å². The zero-order valence-electron chi connectivity index (χ0n) is 15.1. The maximum Gasteiger partial charge on any atom is 0.278 e. The molecule has 6 heteroatoms. The quantitative estimate of drug-likeness (QED) is 0.767. The van der Waals surface area contributed by atoms with Crippen molar-refractivity contribution in [3.63, 3.8) is 0 Å². The van der Waals surface area contributed by atoms with Gasteiger partial charge in [0.05, 0.1) is 11.4 Å². The average molecular weight is 350 g/mol. The Balaban J connectivity index is 1.80. The Morgan fingerprint density at radius 2 is 1.81 bits per heavy atom. The molecule has 0 spiro atoms. The van der Waals surface area contributed by atoms with E-state index in [1.54, 1.807) is 24.3 Å². The molecule has 0 aliphatic heterocycles. The summed E-state index contributed by atoms with van der Waals surface area (Å²) in [7, 11) is 0. The van der Waals surface area contributed by atoms with Crippen LogP contribution in [-0.4, -0.2) is 20.9 Å². The normalized spacial score (nSPS) is 12.3. The van der Waals surface area contributed by atoms with Crippen LogP contribution in [0.1, 0.15) is 31.0 Å². The van der Waals surface area contributed by atoms with Crippen LogP contribution in [0.2, 0.25) is 0 Å². The third-order valence-corrected chi connectivity index (χ3v) is 4.34. The van der Waals surface area contributed by atoms with Crippen molar-refractivity contribution in [3.8, 4) is 0 Å². The van der Waals surface area contributed by atoms with E-state index < -0.39 is 0 Å². The summed E-state index contributed by atoms with van der Waals surface area (Å²) in [6.45, 7) is 5.96. The molecule has 0 bridgehead atoms. The Labute approximate surface area is 151 Å². The lowest BCUT2D eigenvalue weighted by atomic mass is 9.95. The number of hydrogen-bond donors (Lipinski definition) is 1. The molecule has 3 rings (SSSR count). The van der Waals surface area contributed by atoms with Crippen LogP contribution in [0.3, 0.4) is 0 Å². The van der Waals surface area contributed by atoms with Gasteiger partial charge in [-0.1, -0.05) is 61.0 Å². The van der Waals surface area contributed by atoms with Crippen molar-refractivity contribution in [1.29, 1.82) is 0 Å². The van der Waals surface area contributed by atoms with E-state index in [0.717, 1.165) is 10.2 Å². The van der Waals surface area contributed by atoms with Crippen LogP contribution >= 0.6 is 0 Å². The topological polar surface area (TPSA) is 76.9 Å². The number of aromatic nitrogens is 3. The van der Waals surface area contributed by atoms with E-state index in [0.29, 0.717) is 10.9 Å². The first kappa shape index (κ1) is 17.8. The number of amides is 1. The van der Waals surface area contributed by atoms with E-state index >= 15 is 0 Å². The van der Waals surface area contributed by atoms with E-state index in [1.807, 2.05) is 45.0 Å². The summed E-state index contributed by atoms with van der Waals surface area (Å²) >= 11 is 0. The van der Waals surface area contributed by atoms with Gasteiger partial charge >= 0.3 is 0 Å². The molecule has 0 radical (unpaired) electrons.